The fraction of sp³-hybridized carbons (Fsp3) is 0.158. The number of fused-ring (bicyclic) bond motifs is 2. The highest BCUT2D eigenvalue weighted by Gasteiger charge is 2.45. The number of para-hydroxylation sites is 1. The molecule has 2 aromatic rings. The van der Waals surface area contributed by atoms with Crippen LogP contribution in [0.3, 0.4) is 0 Å². The van der Waals surface area contributed by atoms with E-state index in [0.717, 1.165) is 0 Å². The first-order valence-electron chi connectivity index (χ1n) is 7.28. The van der Waals surface area contributed by atoms with Crippen molar-refractivity contribution >= 4 is 22.8 Å². The minimum Gasteiger partial charge on any atom is -0.457 e. The summed E-state index contributed by atoms with van der Waals surface area (Å²) in [6.07, 6.45) is 6.20. The van der Waals surface area contributed by atoms with E-state index in [9.17, 15) is 9.59 Å². The molecule has 0 N–H and O–H groups in total. The highest BCUT2D eigenvalue weighted by atomic mass is 16.5. The number of carbonyl (C=O) groups excluding carboxylic acids is 1. The van der Waals surface area contributed by atoms with Gasteiger partial charge in [0.05, 0.1) is 17.6 Å². The molecule has 1 aromatic carbocycles. The summed E-state index contributed by atoms with van der Waals surface area (Å²) in [5.41, 5.74) is -0.783. The van der Waals surface area contributed by atoms with Gasteiger partial charge in [0.1, 0.15) is 5.58 Å². The van der Waals surface area contributed by atoms with Gasteiger partial charge >= 0.3 is 0 Å². The lowest BCUT2D eigenvalue weighted by molar-refractivity contribution is -0.142. The summed E-state index contributed by atoms with van der Waals surface area (Å²) in [6.45, 7) is 7.47. The van der Waals surface area contributed by atoms with Crippen LogP contribution in [0.2, 0.25) is 0 Å². The molecule has 0 fully saturated rings. The van der Waals surface area contributed by atoms with E-state index in [0.29, 0.717) is 16.5 Å². The van der Waals surface area contributed by atoms with Gasteiger partial charge in [-0.05, 0) is 24.3 Å². The van der Waals surface area contributed by atoms with E-state index >= 15 is 0 Å². The van der Waals surface area contributed by atoms with Crippen LogP contribution in [0.5, 0.6) is 0 Å². The largest absolute Gasteiger partial charge is 0.457 e. The second kappa shape index (κ2) is 5.82. The van der Waals surface area contributed by atoms with Crippen molar-refractivity contribution in [1.29, 1.82) is 0 Å². The van der Waals surface area contributed by atoms with Crippen LogP contribution >= 0.6 is 0 Å². The molecule has 3 rings (SSSR count). The molecule has 0 radical (unpaired) electrons. The van der Waals surface area contributed by atoms with Crippen LogP contribution in [-0.2, 0) is 15.1 Å². The first kappa shape index (κ1) is 15.2. The molecule has 4 nitrogen and oxygen atoms in total. The Balaban J connectivity index is 2.35. The average Bonchev–Trinajstić information content (AvgIpc) is 2.57. The van der Waals surface area contributed by atoms with Crippen molar-refractivity contribution in [3.8, 4) is 0 Å². The predicted octanol–water partition coefficient (Wildman–Crippen LogP) is 3.36. The van der Waals surface area contributed by atoms with Gasteiger partial charge in [-0.2, -0.15) is 0 Å². The second-order valence-corrected chi connectivity index (χ2v) is 5.29. The zero-order valence-corrected chi connectivity index (χ0v) is 12.6. The summed E-state index contributed by atoms with van der Waals surface area (Å²) in [6, 6.07) is 6.95. The van der Waals surface area contributed by atoms with Gasteiger partial charge in [-0.1, -0.05) is 24.3 Å². The normalized spacial score (nSPS) is 19.6. The zero-order chi connectivity index (χ0) is 16.4. The summed E-state index contributed by atoms with van der Waals surface area (Å²) >= 11 is 0. The number of hydrogen-bond acceptors (Lipinski definition) is 4. The van der Waals surface area contributed by atoms with Crippen LogP contribution in [0.4, 0.5) is 0 Å². The molecule has 0 amide bonds. The molecule has 0 aliphatic heterocycles. The van der Waals surface area contributed by atoms with E-state index in [1.54, 1.807) is 36.4 Å². The third-order valence-corrected chi connectivity index (χ3v) is 3.88. The van der Waals surface area contributed by atoms with Gasteiger partial charge in [0, 0.05) is 6.42 Å². The van der Waals surface area contributed by atoms with Gasteiger partial charge in [-0.25, -0.2) is 0 Å². The lowest BCUT2D eigenvalue weighted by Crippen LogP contribution is -2.41. The second-order valence-electron chi connectivity index (χ2n) is 5.29. The number of ketones is 1. The molecule has 0 spiro atoms. The minimum atomic E-state index is -1.37. The number of rotatable bonds is 5. The summed E-state index contributed by atoms with van der Waals surface area (Å²) in [7, 11) is 0. The van der Waals surface area contributed by atoms with Gasteiger partial charge in [-0.15, -0.1) is 13.2 Å². The van der Waals surface area contributed by atoms with E-state index in [2.05, 4.69) is 13.2 Å². The predicted molar refractivity (Wildman–Crippen MR) is 89.2 cm³/mol. The Labute approximate surface area is 133 Å². The average molecular weight is 308 g/mol. The van der Waals surface area contributed by atoms with E-state index in [1.807, 2.05) is 0 Å². The maximum absolute atomic E-state index is 12.7. The van der Waals surface area contributed by atoms with Crippen molar-refractivity contribution in [3.05, 3.63) is 77.2 Å². The maximum Gasteiger partial charge on any atom is 0.200 e. The lowest BCUT2D eigenvalue weighted by Gasteiger charge is -2.32. The van der Waals surface area contributed by atoms with Crippen molar-refractivity contribution in [1.82, 2.24) is 0 Å². The van der Waals surface area contributed by atoms with Gasteiger partial charge in [0.15, 0.2) is 22.6 Å². The first-order valence-corrected chi connectivity index (χ1v) is 7.28. The highest BCUT2D eigenvalue weighted by Crippen LogP contribution is 2.38. The monoisotopic (exact) mass is 308 g/mol. The molecule has 4 heteroatoms. The molecule has 1 atom stereocenters. The number of benzene rings is 1. The quantitative estimate of drug-likeness (QED) is 0.795. The van der Waals surface area contributed by atoms with Crippen molar-refractivity contribution < 1.29 is 13.9 Å². The topological polar surface area (TPSA) is 56.5 Å². The Morgan fingerprint density at radius 1 is 1.13 bits per heavy atom. The standard InChI is InChI=1S/C19H16O4/c1-3-11-19(22-12-4-2)16(20)10-9-14-17(21)13-7-5-6-8-15(13)23-18(14)19/h3-10H,1-2,11-12H2. The van der Waals surface area contributed by atoms with E-state index in [4.69, 9.17) is 9.15 Å². The minimum absolute atomic E-state index is 0.156. The molecule has 1 heterocycles. The van der Waals surface area contributed by atoms with Crippen LogP contribution in [0.1, 0.15) is 17.7 Å². The van der Waals surface area contributed by atoms with Crippen molar-refractivity contribution in [2.75, 3.05) is 6.61 Å². The summed E-state index contributed by atoms with van der Waals surface area (Å²) in [4.78, 5) is 25.3. The number of carbonyl (C=O) groups is 1. The van der Waals surface area contributed by atoms with Crippen LogP contribution in [0, 0.1) is 0 Å². The molecule has 1 aliphatic carbocycles. The molecule has 1 aliphatic rings. The molecular formula is C19H16O4. The first-order chi connectivity index (χ1) is 11.1. The molecule has 0 saturated carbocycles. The van der Waals surface area contributed by atoms with Crippen LogP contribution in [-0.4, -0.2) is 12.4 Å². The van der Waals surface area contributed by atoms with Crippen molar-refractivity contribution in [2.45, 2.75) is 12.0 Å². The fourth-order valence-corrected chi connectivity index (χ4v) is 2.81. The molecule has 23 heavy (non-hydrogen) atoms. The Bertz CT molecular complexity index is 888. The summed E-state index contributed by atoms with van der Waals surface area (Å²) in [5.74, 6) is -0.0411. The third kappa shape index (κ3) is 2.28. The zero-order valence-electron chi connectivity index (χ0n) is 12.6. The Hall–Kier alpha value is -2.72. The molecule has 0 bridgehead atoms. The van der Waals surface area contributed by atoms with E-state index < -0.39 is 5.60 Å². The highest BCUT2D eigenvalue weighted by molar-refractivity contribution is 6.04. The van der Waals surface area contributed by atoms with Gasteiger partial charge in [-0.3, -0.25) is 9.59 Å². The van der Waals surface area contributed by atoms with E-state index in [1.165, 1.54) is 12.2 Å². The van der Waals surface area contributed by atoms with Crippen LogP contribution in [0.15, 0.2) is 64.9 Å². The SMILES string of the molecule is C=CCOC1(CC=C)C(=O)C=Cc2c1oc1ccccc1c2=O. The maximum atomic E-state index is 12.7. The molecular weight excluding hydrogens is 292 g/mol. The third-order valence-electron chi connectivity index (χ3n) is 3.88. The lowest BCUT2D eigenvalue weighted by atomic mass is 9.83. The number of ether oxygens (including phenoxy) is 1. The summed E-state index contributed by atoms with van der Waals surface area (Å²) in [5, 5.41) is 0.474. The smallest absolute Gasteiger partial charge is 0.200 e. The van der Waals surface area contributed by atoms with Crippen LogP contribution in [0.25, 0.3) is 17.0 Å². The molecule has 1 aromatic heterocycles. The van der Waals surface area contributed by atoms with Crippen molar-refractivity contribution in [2.24, 2.45) is 0 Å². The Morgan fingerprint density at radius 2 is 1.91 bits per heavy atom. The molecule has 0 saturated heterocycles. The summed E-state index contributed by atoms with van der Waals surface area (Å²) < 4.78 is 11.7. The van der Waals surface area contributed by atoms with Gasteiger partial charge in [0.2, 0.25) is 0 Å². The Kier molecular flexibility index (Phi) is 3.84. The molecule has 116 valence electrons. The fourth-order valence-electron chi connectivity index (χ4n) is 2.81. The van der Waals surface area contributed by atoms with Gasteiger partial charge in [0.25, 0.3) is 0 Å². The Morgan fingerprint density at radius 3 is 2.65 bits per heavy atom. The molecule has 1 unspecified atom stereocenters. The van der Waals surface area contributed by atoms with Crippen LogP contribution < -0.4 is 5.43 Å². The van der Waals surface area contributed by atoms with Crippen molar-refractivity contribution in [3.63, 3.8) is 0 Å². The van der Waals surface area contributed by atoms with Gasteiger partial charge < -0.3 is 9.15 Å². The number of hydrogen-bond donors (Lipinski definition) is 0. The van der Waals surface area contributed by atoms with E-state index in [-0.39, 0.29) is 30.0 Å².